The monoisotopic (exact) mass is 603 g/mol. The third-order valence-corrected chi connectivity index (χ3v) is 8.25. The van der Waals surface area contributed by atoms with Gasteiger partial charge in [0.25, 0.3) is 5.56 Å². The SMILES string of the molecule is C=CC(=O)N1Cc2cc(-c3nc(-n4ccccc4=O)c4ccsc4c3-c3c(F)cc(F)cc3OCCOC)nn2CC1C. The molecular formula is C31H27F2N5O4S. The predicted molar refractivity (Wildman–Crippen MR) is 159 cm³/mol. The van der Waals surface area contributed by atoms with Crippen molar-refractivity contribution < 1.29 is 23.0 Å². The van der Waals surface area contributed by atoms with Crippen molar-refractivity contribution in [1.29, 1.82) is 0 Å². The molecule has 0 radical (unpaired) electrons. The summed E-state index contributed by atoms with van der Waals surface area (Å²) in [6.07, 6.45) is 2.89. The van der Waals surface area contributed by atoms with E-state index in [1.54, 1.807) is 40.0 Å². The van der Waals surface area contributed by atoms with Crippen LogP contribution in [0.1, 0.15) is 12.6 Å². The number of aromatic nitrogens is 4. The Morgan fingerprint density at radius 2 is 2.02 bits per heavy atom. The number of ether oxygens (including phenoxy) is 2. The van der Waals surface area contributed by atoms with Gasteiger partial charge in [-0.25, -0.2) is 13.8 Å². The van der Waals surface area contributed by atoms with Crippen molar-refractivity contribution in [3.05, 3.63) is 94.4 Å². The average Bonchev–Trinajstić information content (AvgIpc) is 3.64. The van der Waals surface area contributed by atoms with Gasteiger partial charge in [0.05, 0.1) is 31.0 Å². The van der Waals surface area contributed by atoms with E-state index in [0.717, 1.165) is 17.8 Å². The summed E-state index contributed by atoms with van der Waals surface area (Å²) in [5.74, 6) is -1.51. The average molecular weight is 604 g/mol. The fraction of sp³-hybridized carbons (Fsp3) is 0.226. The fourth-order valence-electron chi connectivity index (χ4n) is 5.30. The van der Waals surface area contributed by atoms with Crippen LogP contribution in [-0.4, -0.2) is 56.5 Å². The molecule has 0 fully saturated rings. The van der Waals surface area contributed by atoms with Gasteiger partial charge < -0.3 is 14.4 Å². The summed E-state index contributed by atoms with van der Waals surface area (Å²) in [6, 6.07) is 10.2. The molecule has 0 saturated heterocycles. The Morgan fingerprint density at radius 1 is 1.19 bits per heavy atom. The Labute approximate surface area is 249 Å². The standard InChI is InChI=1S/C31H27F2N5O4S/c1-4-25(39)37-17-20-15-23(35-38(20)16-18(37)2)29-28(27-22(33)13-19(32)14-24(27)42-11-10-41-3)30-21(8-12-43-30)31(34-29)36-9-6-5-7-26(36)40/h4-9,12-15,18H,1,10-11,16-17H2,2-3H3. The number of pyridine rings is 2. The zero-order valence-corrected chi connectivity index (χ0v) is 24.2. The van der Waals surface area contributed by atoms with Crippen LogP contribution in [0.25, 0.3) is 38.4 Å². The maximum Gasteiger partial charge on any atom is 0.256 e. The number of methoxy groups -OCH3 is 1. The van der Waals surface area contributed by atoms with Crippen LogP contribution in [0.3, 0.4) is 0 Å². The van der Waals surface area contributed by atoms with Crippen LogP contribution < -0.4 is 10.3 Å². The first kappa shape index (κ1) is 28.4. The fourth-order valence-corrected chi connectivity index (χ4v) is 6.24. The lowest BCUT2D eigenvalue weighted by Gasteiger charge is -2.33. The van der Waals surface area contributed by atoms with Gasteiger partial charge in [-0.05, 0) is 36.6 Å². The molecule has 5 heterocycles. The lowest BCUT2D eigenvalue weighted by molar-refractivity contribution is -0.129. The van der Waals surface area contributed by atoms with Gasteiger partial charge >= 0.3 is 0 Å². The zero-order valence-electron chi connectivity index (χ0n) is 23.4. The van der Waals surface area contributed by atoms with E-state index in [2.05, 4.69) is 6.58 Å². The van der Waals surface area contributed by atoms with Gasteiger partial charge in [0.1, 0.15) is 41.2 Å². The molecule has 12 heteroatoms. The zero-order chi connectivity index (χ0) is 30.2. The quantitative estimate of drug-likeness (QED) is 0.179. The van der Waals surface area contributed by atoms with E-state index < -0.39 is 11.6 Å². The van der Waals surface area contributed by atoms with Gasteiger partial charge in [0.2, 0.25) is 5.91 Å². The first-order valence-electron chi connectivity index (χ1n) is 13.5. The normalized spacial score (nSPS) is 14.6. The number of thiophene rings is 1. The van der Waals surface area contributed by atoms with E-state index in [-0.39, 0.29) is 54.3 Å². The smallest absolute Gasteiger partial charge is 0.256 e. The van der Waals surface area contributed by atoms with E-state index in [9.17, 15) is 14.0 Å². The molecule has 1 amide bonds. The highest BCUT2D eigenvalue weighted by Gasteiger charge is 2.30. The van der Waals surface area contributed by atoms with Gasteiger partial charge in [0, 0.05) is 53.2 Å². The molecule has 0 saturated carbocycles. The second kappa shape index (κ2) is 11.5. The highest BCUT2D eigenvalue weighted by atomic mass is 32.1. The number of carbonyl (C=O) groups excluding carboxylic acids is 1. The third kappa shape index (κ3) is 5.12. The van der Waals surface area contributed by atoms with Crippen LogP contribution in [0.5, 0.6) is 5.75 Å². The van der Waals surface area contributed by atoms with Gasteiger partial charge in [-0.15, -0.1) is 11.3 Å². The van der Waals surface area contributed by atoms with Gasteiger partial charge in [0.15, 0.2) is 0 Å². The van der Waals surface area contributed by atoms with Crippen molar-refractivity contribution in [3.8, 4) is 34.1 Å². The van der Waals surface area contributed by atoms with E-state index >= 15 is 4.39 Å². The molecule has 1 unspecified atom stereocenters. The van der Waals surface area contributed by atoms with Gasteiger partial charge in [-0.1, -0.05) is 12.6 Å². The predicted octanol–water partition coefficient (Wildman–Crippen LogP) is 5.20. The van der Waals surface area contributed by atoms with Crippen molar-refractivity contribution in [2.75, 3.05) is 20.3 Å². The topological polar surface area (TPSA) is 91.5 Å². The first-order chi connectivity index (χ1) is 20.8. The highest BCUT2D eigenvalue weighted by molar-refractivity contribution is 7.18. The summed E-state index contributed by atoms with van der Waals surface area (Å²) in [4.78, 5) is 32.1. The Morgan fingerprint density at radius 3 is 2.79 bits per heavy atom. The second-order valence-corrected chi connectivity index (χ2v) is 11.0. The van der Waals surface area contributed by atoms with Crippen molar-refractivity contribution >= 4 is 27.3 Å². The molecule has 6 rings (SSSR count). The molecule has 5 aromatic rings. The van der Waals surface area contributed by atoms with Gasteiger partial charge in [-0.2, -0.15) is 5.10 Å². The lowest BCUT2D eigenvalue weighted by Crippen LogP contribution is -2.44. The molecule has 1 aliphatic rings. The molecular weight excluding hydrogens is 576 g/mol. The Kier molecular flexibility index (Phi) is 7.63. The minimum atomic E-state index is -0.838. The summed E-state index contributed by atoms with van der Waals surface area (Å²) in [6.45, 7) is 6.51. The maximum absolute atomic E-state index is 15.9. The molecule has 0 aliphatic carbocycles. The molecule has 0 bridgehead atoms. The summed E-state index contributed by atoms with van der Waals surface area (Å²) in [7, 11) is 1.50. The molecule has 220 valence electrons. The Bertz CT molecular complexity index is 1930. The largest absolute Gasteiger partial charge is 0.490 e. The van der Waals surface area contributed by atoms with Crippen molar-refractivity contribution in [2.24, 2.45) is 0 Å². The molecule has 9 nitrogen and oxygen atoms in total. The number of fused-ring (bicyclic) bond motifs is 2. The lowest BCUT2D eigenvalue weighted by atomic mass is 9.98. The second-order valence-electron chi connectivity index (χ2n) is 10.1. The number of hydrogen-bond donors (Lipinski definition) is 0. The van der Waals surface area contributed by atoms with E-state index in [1.165, 1.54) is 35.2 Å². The van der Waals surface area contributed by atoms with Crippen LogP contribution >= 0.6 is 11.3 Å². The number of amides is 1. The van der Waals surface area contributed by atoms with Crippen molar-refractivity contribution in [3.63, 3.8) is 0 Å². The van der Waals surface area contributed by atoms with E-state index in [4.69, 9.17) is 19.6 Å². The Hall–Kier alpha value is -4.68. The van der Waals surface area contributed by atoms with Crippen LogP contribution in [0.15, 0.2) is 71.5 Å². The molecule has 1 aliphatic heterocycles. The van der Waals surface area contributed by atoms with Crippen LogP contribution in [0.4, 0.5) is 8.78 Å². The van der Waals surface area contributed by atoms with Crippen LogP contribution in [0, 0.1) is 11.6 Å². The first-order valence-corrected chi connectivity index (χ1v) is 14.4. The number of nitrogens with zero attached hydrogens (tertiary/aromatic N) is 5. The molecule has 0 N–H and O–H groups in total. The molecule has 4 aromatic heterocycles. The number of rotatable bonds is 8. The van der Waals surface area contributed by atoms with Gasteiger partial charge in [-0.3, -0.25) is 18.8 Å². The number of carbonyl (C=O) groups is 1. The molecule has 1 atom stereocenters. The summed E-state index contributed by atoms with van der Waals surface area (Å²) < 4.78 is 45.1. The Balaban J connectivity index is 1.64. The number of benzene rings is 1. The number of halogens is 2. The third-order valence-electron chi connectivity index (χ3n) is 7.32. The van der Waals surface area contributed by atoms with E-state index in [0.29, 0.717) is 33.7 Å². The minimum Gasteiger partial charge on any atom is -0.490 e. The van der Waals surface area contributed by atoms with E-state index in [1.807, 2.05) is 12.3 Å². The van der Waals surface area contributed by atoms with Crippen LogP contribution in [-0.2, 0) is 22.6 Å². The summed E-state index contributed by atoms with van der Waals surface area (Å²) in [5, 5.41) is 7.25. The van der Waals surface area contributed by atoms with Crippen molar-refractivity contribution in [2.45, 2.75) is 26.1 Å². The maximum atomic E-state index is 15.9. The minimum absolute atomic E-state index is 0.0159. The summed E-state index contributed by atoms with van der Waals surface area (Å²) >= 11 is 1.33. The van der Waals surface area contributed by atoms with Crippen molar-refractivity contribution in [1.82, 2.24) is 24.2 Å². The molecule has 0 spiro atoms. The molecule has 1 aromatic carbocycles. The highest BCUT2D eigenvalue weighted by Crippen LogP contribution is 2.46. The van der Waals surface area contributed by atoms with Crippen LogP contribution in [0.2, 0.25) is 0 Å². The molecule has 43 heavy (non-hydrogen) atoms. The summed E-state index contributed by atoms with van der Waals surface area (Å²) in [5.41, 5.74) is 1.50. The number of hydrogen-bond acceptors (Lipinski definition) is 7.